The van der Waals surface area contributed by atoms with Crippen LogP contribution in [-0.4, -0.2) is 23.8 Å². The Morgan fingerprint density at radius 2 is 2.07 bits per heavy atom. The van der Waals surface area contributed by atoms with Gasteiger partial charge in [-0.05, 0) is 25.7 Å². The minimum absolute atomic E-state index is 0.0806. The standard InChI is InChI=1S/C11H15NO3/c1-8(11(13)14)7-15-10-4-2-9(6-12)3-5-10/h9-10H,1-5,7H2,(H,13,14). The summed E-state index contributed by atoms with van der Waals surface area (Å²) in [7, 11) is 0. The maximum Gasteiger partial charge on any atom is 0.333 e. The average molecular weight is 209 g/mol. The predicted molar refractivity (Wildman–Crippen MR) is 54.1 cm³/mol. The van der Waals surface area contributed by atoms with Crippen LogP contribution in [-0.2, 0) is 9.53 Å². The van der Waals surface area contributed by atoms with Crippen LogP contribution in [0.25, 0.3) is 0 Å². The van der Waals surface area contributed by atoms with E-state index in [0.717, 1.165) is 25.7 Å². The molecule has 0 atom stereocenters. The van der Waals surface area contributed by atoms with Crippen LogP contribution in [0.5, 0.6) is 0 Å². The maximum atomic E-state index is 10.4. The van der Waals surface area contributed by atoms with Crippen LogP contribution >= 0.6 is 0 Å². The average Bonchev–Trinajstić information content (AvgIpc) is 2.26. The Balaban J connectivity index is 2.22. The van der Waals surface area contributed by atoms with Gasteiger partial charge in [-0.15, -0.1) is 0 Å². The lowest BCUT2D eigenvalue weighted by Gasteiger charge is -2.24. The topological polar surface area (TPSA) is 70.3 Å². The Morgan fingerprint density at radius 1 is 1.47 bits per heavy atom. The van der Waals surface area contributed by atoms with Gasteiger partial charge in [-0.1, -0.05) is 6.58 Å². The monoisotopic (exact) mass is 209 g/mol. The Hall–Kier alpha value is -1.34. The number of hydrogen-bond acceptors (Lipinski definition) is 3. The summed E-state index contributed by atoms with van der Waals surface area (Å²) >= 11 is 0. The highest BCUT2D eigenvalue weighted by molar-refractivity contribution is 5.85. The fraction of sp³-hybridized carbons (Fsp3) is 0.636. The number of rotatable bonds is 4. The molecule has 0 aromatic carbocycles. The molecule has 1 rings (SSSR count). The summed E-state index contributed by atoms with van der Waals surface area (Å²) < 4.78 is 5.41. The highest BCUT2D eigenvalue weighted by Gasteiger charge is 2.21. The second-order valence-corrected chi connectivity index (χ2v) is 3.82. The molecule has 4 heteroatoms. The highest BCUT2D eigenvalue weighted by Crippen LogP contribution is 2.25. The fourth-order valence-electron chi connectivity index (χ4n) is 1.64. The number of carboxylic acids is 1. The van der Waals surface area contributed by atoms with Gasteiger partial charge in [-0.2, -0.15) is 5.26 Å². The van der Waals surface area contributed by atoms with Gasteiger partial charge in [0.25, 0.3) is 0 Å². The normalized spacial score (nSPS) is 25.5. The van der Waals surface area contributed by atoms with Gasteiger partial charge in [0, 0.05) is 5.92 Å². The molecule has 0 aromatic heterocycles. The third kappa shape index (κ3) is 3.72. The maximum absolute atomic E-state index is 10.4. The van der Waals surface area contributed by atoms with Gasteiger partial charge in [0.1, 0.15) is 0 Å². The molecule has 15 heavy (non-hydrogen) atoms. The zero-order valence-electron chi connectivity index (χ0n) is 8.61. The molecule has 4 nitrogen and oxygen atoms in total. The molecule has 0 amide bonds. The fourth-order valence-corrected chi connectivity index (χ4v) is 1.64. The molecule has 0 bridgehead atoms. The molecule has 82 valence electrons. The molecule has 1 N–H and O–H groups in total. The van der Waals surface area contributed by atoms with Gasteiger partial charge in [-0.25, -0.2) is 4.79 Å². The number of carbonyl (C=O) groups is 1. The van der Waals surface area contributed by atoms with Crippen molar-refractivity contribution in [1.29, 1.82) is 5.26 Å². The molecule has 1 aliphatic rings. The first-order valence-electron chi connectivity index (χ1n) is 5.05. The SMILES string of the molecule is C=C(COC1CCC(C#N)CC1)C(=O)O. The Kier molecular flexibility index (Phi) is 4.32. The third-order valence-corrected chi connectivity index (χ3v) is 2.65. The van der Waals surface area contributed by atoms with E-state index in [1.807, 2.05) is 0 Å². The summed E-state index contributed by atoms with van der Waals surface area (Å²) in [6, 6.07) is 2.24. The van der Waals surface area contributed by atoms with Crippen LogP contribution in [0.4, 0.5) is 0 Å². The lowest BCUT2D eigenvalue weighted by molar-refractivity contribution is -0.133. The molecule has 0 radical (unpaired) electrons. The number of hydrogen-bond donors (Lipinski definition) is 1. The zero-order chi connectivity index (χ0) is 11.3. The molecule has 1 fully saturated rings. The molecular weight excluding hydrogens is 194 g/mol. The Labute approximate surface area is 89.2 Å². The molecule has 0 heterocycles. The molecule has 0 unspecified atom stereocenters. The van der Waals surface area contributed by atoms with Crippen LogP contribution < -0.4 is 0 Å². The van der Waals surface area contributed by atoms with Crippen molar-refractivity contribution in [2.24, 2.45) is 5.92 Å². The van der Waals surface area contributed by atoms with Gasteiger partial charge in [0.05, 0.1) is 24.4 Å². The van der Waals surface area contributed by atoms with Gasteiger partial charge in [0.2, 0.25) is 0 Å². The predicted octanol–water partition coefficient (Wildman–Crippen LogP) is 1.73. The molecule has 1 aliphatic carbocycles. The van der Waals surface area contributed by atoms with Crippen LogP contribution in [0.2, 0.25) is 0 Å². The quantitative estimate of drug-likeness (QED) is 0.716. The van der Waals surface area contributed by atoms with E-state index in [2.05, 4.69) is 12.6 Å². The molecule has 1 saturated carbocycles. The Bertz CT molecular complexity index is 285. The number of aliphatic carboxylic acids is 1. The van der Waals surface area contributed by atoms with Gasteiger partial charge < -0.3 is 9.84 Å². The minimum atomic E-state index is -1.01. The molecule has 0 saturated heterocycles. The Morgan fingerprint density at radius 3 is 2.53 bits per heavy atom. The van der Waals surface area contributed by atoms with Crippen LogP contribution in [0.3, 0.4) is 0 Å². The molecular formula is C11H15NO3. The highest BCUT2D eigenvalue weighted by atomic mass is 16.5. The molecule has 0 aromatic rings. The van der Waals surface area contributed by atoms with Gasteiger partial charge >= 0.3 is 5.97 Å². The van der Waals surface area contributed by atoms with Crippen molar-refractivity contribution in [3.63, 3.8) is 0 Å². The van der Waals surface area contributed by atoms with E-state index in [4.69, 9.17) is 15.1 Å². The third-order valence-electron chi connectivity index (χ3n) is 2.65. The molecule has 0 spiro atoms. The summed E-state index contributed by atoms with van der Waals surface area (Å²) in [6.45, 7) is 3.47. The summed E-state index contributed by atoms with van der Waals surface area (Å²) in [5.74, 6) is -0.867. The van der Waals surface area contributed by atoms with Crippen molar-refractivity contribution in [3.05, 3.63) is 12.2 Å². The van der Waals surface area contributed by atoms with Crippen molar-refractivity contribution >= 4 is 5.97 Å². The van der Waals surface area contributed by atoms with E-state index < -0.39 is 5.97 Å². The van der Waals surface area contributed by atoms with Crippen molar-refractivity contribution < 1.29 is 14.6 Å². The van der Waals surface area contributed by atoms with Crippen LogP contribution in [0, 0.1) is 17.2 Å². The summed E-state index contributed by atoms with van der Waals surface area (Å²) in [6.07, 6.45) is 3.46. The first-order valence-corrected chi connectivity index (χ1v) is 5.05. The molecule has 0 aliphatic heterocycles. The summed E-state index contributed by atoms with van der Waals surface area (Å²) in [4.78, 5) is 10.4. The largest absolute Gasteiger partial charge is 0.478 e. The van der Waals surface area contributed by atoms with E-state index in [1.54, 1.807) is 0 Å². The summed E-state index contributed by atoms with van der Waals surface area (Å²) in [5.41, 5.74) is 0.0809. The number of carboxylic acid groups (broad SMARTS) is 1. The van der Waals surface area contributed by atoms with E-state index in [1.165, 1.54) is 0 Å². The van der Waals surface area contributed by atoms with Crippen molar-refractivity contribution in [3.8, 4) is 6.07 Å². The van der Waals surface area contributed by atoms with Crippen LogP contribution in [0.1, 0.15) is 25.7 Å². The van der Waals surface area contributed by atoms with Gasteiger partial charge in [-0.3, -0.25) is 0 Å². The van der Waals surface area contributed by atoms with Crippen LogP contribution in [0.15, 0.2) is 12.2 Å². The summed E-state index contributed by atoms with van der Waals surface area (Å²) in [5, 5.41) is 17.3. The van der Waals surface area contributed by atoms with Crippen molar-refractivity contribution in [2.45, 2.75) is 31.8 Å². The van der Waals surface area contributed by atoms with E-state index in [9.17, 15) is 4.79 Å². The lowest BCUT2D eigenvalue weighted by atomic mass is 9.88. The number of nitriles is 1. The second kappa shape index (κ2) is 5.52. The number of ether oxygens (including phenoxy) is 1. The second-order valence-electron chi connectivity index (χ2n) is 3.82. The zero-order valence-corrected chi connectivity index (χ0v) is 8.61. The smallest absolute Gasteiger partial charge is 0.333 e. The lowest BCUT2D eigenvalue weighted by Crippen LogP contribution is -2.22. The number of nitrogens with zero attached hydrogens (tertiary/aromatic N) is 1. The first kappa shape index (κ1) is 11.7. The van der Waals surface area contributed by atoms with E-state index >= 15 is 0 Å². The van der Waals surface area contributed by atoms with Crippen molar-refractivity contribution in [2.75, 3.05) is 6.61 Å². The minimum Gasteiger partial charge on any atom is -0.478 e. The first-order chi connectivity index (χ1) is 7.13. The van der Waals surface area contributed by atoms with E-state index in [-0.39, 0.29) is 24.2 Å². The van der Waals surface area contributed by atoms with Gasteiger partial charge in [0.15, 0.2) is 0 Å². The van der Waals surface area contributed by atoms with E-state index in [0.29, 0.717) is 0 Å². The van der Waals surface area contributed by atoms with Crippen molar-refractivity contribution in [1.82, 2.24) is 0 Å².